The second-order valence-electron chi connectivity index (χ2n) is 9.13. The van der Waals surface area contributed by atoms with Gasteiger partial charge in [0.15, 0.2) is 11.5 Å². The maximum absolute atomic E-state index is 13.2. The number of H-pyrrole nitrogens is 1. The molecule has 0 aliphatic carbocycles. The van der Waals surface area contributed by atoms with E-state index in [1.165, 1.54) is 11.3 Å². The number of aryl methyl sites for hydroxylation is 1. The Morgan fingerprint density at radius 1 is 1.27 bits per heavy atom. The van der Waals surface area contributed by atoms with Crippen molar-refractivity contribution in [1.82, 2.24) is 15.1 Å². The van der Waals surface area contributed by atoms with Crippen molar-refractivity contribution >= 4 is 46.0 Å². The molecule has 2 aromatic heterocycles. The van der Waals surface area contributed by atoms with Crippen molar-refractivity contribution in [3.63, 3.8) is 0 Å². The number of benzene rings is 2. The van der Waals surface area contributed by atoms with Crippen LogP contribution in [0.4, 0.5) is 5.69 Å². The quantitative estimate of drug-likeness (QED) is 0.295. The lowest BCUT2D eigenvalue weighted by Crippen LogP contribution is -2.29. The molecule has 1 atom stereocenters. The topological polar surface area (TPSA) is 106 Å². The van der Waals surface area contributed by atoms with Crippen molar-refractivity contribution in [2.75, 3.05) is 38.7 Å². The Balaban J connectivity index is 1.44. The number of thiophene rings is 1. The SMILES string of the molecule is COc1c(OCCN2CC[C@@H](N)C2)ccc(C=Cc2n[nH]c3ccccc23)c1NC(=O)c1sccc1C. The third kappa shape index (κ3) is 5.53. The number of nitrogens with two attached hydrogens (primary N) is 1. The Bertz CT molecular complexity index is 1430. The van der Waals surface area contributed by atoms with Gasteiger partial charge < -0.3 is 20.5 Å². The molecule has 2 aromatic carbocycles. The smallest absolute Gasteiger partial charge is 0.266 e. The number of methoxy groups -OCH3 is 1. The van der Waals surface area contributed by atoms with Gasteiger partial charge in [0.2, 0.25) is 0 Å². The van der Waals surface area contributed by atoms with Gasteiger partial charge in [0.05, 0.1) is 28.9 Å². The molecular weight excluding hydrogens is 486 g/mol. The zero-order valence-corrected chi connectivity index (χ0v) is 21.8. The summed E-state index contributed by atoms with van der Waals surface area (Å²) < 4.78 is 11.9. The summed E-state index contributed by atoms with van der Waals surface area (Å²) in [6, 6.07) is 13.9. The Labute approximate surface area is 220 Å². The van der Waals surface area contributed by atoms with E-state index in [9.17, 15) is 4.79 Å². The van der Waals surface area contributed by atoms with Gasteiger partial charge in [-0.2, -0.15) is 5.10 Å². The third-order valence-corrected chi connectivity index (χ3v) is 7.57. The molecule has 8 nitrogen and oxygen atoms in total. The zero-order valence-electron chi connectivity index (χ0n) is 21.0. The summed E-state index contributed by atoms with van der Waals surface area (Å²) >= 11 is 1.41. The highest BCUT2D eigenvalue weighted by Gasteiger charge is 2.21. The molecule has 9 heteroatoms. The second kappa shape index (κ2) is 11.2. The van der Waals surface area contributed by atoms with Crippen LogP contribution in [-0.4, -0.2) is 60.4 Å². The van der Waals surface area contributed by atoms with Crippen LogP contribution in [-0.2, 0) is 0 Å². The van der Waals surface area contributed by atoms with E-state index in [1.807, 2.05) is 66.9 Å². The van der Waals surface area contributed by atoms with Crippen molar-refractivity contribution in [3.8, 4) is 11.5 Å². The van der Waals surface area contributed by atoms with Crippen LogP contribution in [0.5, 0.6) is 11.5 Å². The summed E-state index contributed by atoms with van der Waals surface area (Å²) in [4.78, 5) is 16.2. The number of rotatable bonds is 9. The molecule has 0 bridgehead atoms. The Morgan fingerprint density at radius 3 is 2.89 bits per heavy atom. The number of carbonyl (C=O) groups is 1. The van der Waals surface area contributed by atoms with Gasteiger partial charge in [-0.05, 0) is 61.2 Å². The molecule has 4 aromatic rings. The van der Waals surface area contributed by atoms with Gasteiger partial charge in [0, 0.05) is 30.1 Å². The fraction of sp³-hybridized carbons (Fsp3) is 0.286. The maximum Gasteiger partial charge on any atom is 0.266 e. The van der Waals surface area contributed by atoms with Gasteiger partial charge in [-0.1, -0.05) is 24.3 Å². The molecule has 3 heterocycles. The molecule has 1 fully saturated rings. The average molecular weight is 518 g/mol. The number of aromatic amines is 1. The molecule has 1 amide bonds. The van der Waals surface area contributed by atoms with Crippen molar-refractivity contribution in [1.29, 1.82) is 0 Å². The van der Waals surface area contributed by atoms with E-state index < -0.39 is 0 Å². The van der Waals surface area contributed by atoms with Crippen LogP contribution in [0.25, 0.3) is 23.1 Å². The predicted octanol–water partition coefficient (Wildman–Crippen LogP) is 4.78. The van der Waals surface area contributed by atoms with Gasteiger partial charge in [0.1, 0.15) is 6.61 Å². The number of fused-ring (bicyclic) bond motifs is 1. The number of amides is 1. The van der Waals surface area contributed by atoms with Crippen molar-refractivity contribution in [2.24, 2.45) is 5.73 Å². The molecule has 4 N–H and O–H groups in total. The molecule has 0 saturated carbocycles. The number of aromatic nitrogens is 2. The molecule has 1 aliphatic heterocycles. The number of para-hydroxylation sites is 1. The molecule has 0 radical (unpaired) electrons. The van der Waals surface area contributed by atoms with Crippen molar-refractivity contribution < 1.29 is 14.3 Å². The fourth-order valence-electron chi connectivity index (χ4n) is 4.57. The first-order valence-electron chi connectivity index (χ1n) is 12.3. The summed E-state index contributed by atoms with van der Waals surface area (Å²) in [6.07, 6.45) is 4.86. The van der Waals surface area contributed by atoms with Gasteiger partial charge in [-0.15, -0.1) is 11.3 Å². The predicted molar refractivity (Wildman–Crippen MR) is 150 cm³/mol. The van der Waals surface area contributed by atoms with E-state index in [0.717, 1.165) is 53.8 Å². The minimum atomic E-state index is -0.186. The Morgan fingerprint density at radius 2 is 2.14 bits per heavy atom. The van der Waals surface area contributed by atoms with E-state index in [1.54, 1.807) is 7.11 Å². The van der Waals surface area contributed by atoms with E-state index in [-0.39, 0.29) is 11.9 Å². The van der Waals surface area contributed by atoms with E-state index >= 15 is 0 Å². The first-order chi connectivity index (χ1) is 18.0. The molecule has 0 unspecified atom stereocenters. The van der Waals surface area contributed by atoms with Crippen LogP contribution >= 0.6 is 11.3 Å². The second-order valence-corrected chi connectivity index (χ2v) is 10.0. The van der Waals surface area contributed by atoms with Gasteiger partial charge in [0.25, 0.3) is 5.91 Å². The van der Waals surface area contributed by atoms with Crippen LogP contribution in [0, 0.1) is 6.92 Å². The van der Waals surface area contributed by atoms with Crippen molar-refractivity contribution in [3.05, 3.63) is 69.5 Å². The number of ether oxygens (including phenoxy) is 2. The highest BCUT2D eigenvalue weighted by molar-refractivity contribution is 7.12. The number of hydrogen-bond acceptors (Lipinski definition) is 7. The number of anilines is 1. The summed E-state index contributed by atoms with van der Waals surface area (Å²) in [5, 5.41) is 13.5. The largest absolute Gasteiger partial charge is 0.491 e. The third-order valence-electron chi connectivity index (χ3n) is 6.56. The first-order valence-corrected chi connectivity index (χ1v) is 13.2. The van der Waals surface area contributed by atoms with E-state index in [4.69, 9.17) is 15.2 Å². The van der Waals surface area contributed by atoms with Crippen LogP contribution in [0.1, 0.15) is 32.9 Å². The lowest BCUT2D eigenvalue weighted by Gasteiger charge is -2.19. The van der Waals surface area contributed by atoms with E-state index in [2.05, 4.69) is 20.4 Å². The molecule has 1 aliphatic rings. The average Bonchev–Trinajstić information content (AvgIpc) is 3.63. The number of nitrogens with one attached hydrogen (secondary N) is 2. The summed E-state index contributed by atoms with van der Waals surface area (Å²) in [5.74, 6) is 0.871. The summed E-state index contributed by atoms with van der Waals surface area (Å²) in [7, 11) is 1.59. The van der Waals surface area contributed by atoms with Gasteiger partial charge in [-0.25, -0.2) is 0 Å². The molecule has 0 spiro atoms. The lowest BCUT2D eigenvalue weighted by atomic mass is 10.1. The Hall–Kier alpha value is -3.66. The van der Waals surface area contributed by atoms with Crippen molar-refractivity contribution in [2.45, 2.75) is 19.4 Å². The summed E-state index contributed by atoms with van der Waals surface area (Å²) in [6.45, 7) is 5.06. The molecule has 192 valence electrons. The molecule has 5 rings (SSSR count). The molecule has 1 saturated heterocycles. The van der Waals surface area contributed by atoms with Crippen LogP contribution in [0.15, 0.2) is 47.8 Å². The monoisotopic (exact) mass is 517 g/mol. The molecular formula is C28H31N5O3S. The normalized spacial score (nSPS) is 16.0. The number of nitrogens with zero attached hydrogens (tertiary/aromatic N) is 2. The van der Waals surface area contributed by atoms with Gasteiger partial charge >= 0.3 is 0 Å². The Kier molecular flexibility index (Phi) is 7.55. The standard InChI is InChI=1S/C28H31N5O3S/c1-18-12-16-37-27(18)28(34)30-25-19(7-9-23-21-5-3-4-6-22(21)31-32-23)8-10-24(26(25)35-2)36-15-14-33-13-11-20(29)17-33/h3-10,12,16,20H,11,13-15,17,29H2,1-2H3,(H,30,34)(H,31,32)/t20-/m1/s1. The van der Waals surface area contributed by atoms with Crippen LogP contribution in [0.2, 0.25) is 0 Å². The van der Waals surface area contributed by atoms with Crippen LogP contribution < -0.4 is 20.5 Å². The number of carbonyl (C=O) groups excluding carboxylic acids is 1. The fourth-order valence-corrected chi connectivity index (χ4v) is 5.39. The van der Waals surface area contributed by atoms with E-state index in [0.29, 0.717) is 28.7 Å². The highest BCUT2D eigenvalue weighted by atomic mass is 32.1. The minimum Gasteiger partial charge on any atom is -0.491 e. The number of likely N-dealkylation sites (tertiary alicyclic amines) is 1. The van der Waals surface area contributed by atoms with Gasteiger partial charge in [-0.3, -0.25) is 14.8 Å². The maximum atomic E-state index is 13.2. The lowest BCUT2D eigenvalue weighted by molar-refractivity contribution is 0.102. The zero-order chi connectivity index (χ0) is 25.8. The minimum absolute atomic E-state index is 0.186. The molecule has 37 heavy (non-hydrogen) atoms. The highest BCUT2D eigenvalue weighted by Crippen LogP contribution is 2.39. The first kappa shape index (κ1) is 25.0. The van der Waals surface area contributed by atoms with Crippen LogP contribution in [0.3, 0.4) is 0 Å². The summed E-state index contributed by atoms with van der Waals surface area (Å²) in [5.41, 5.74) is 10.1. The number of hydrogen-bond donors (Lipinski definition) is 3.